The summed E-state index contributed by atoms with van der Waals surface area (Å²) >= 11 is 0. The molecule has 0 aliphatic carbocycles. The minimum absolute atomic E-state index is 0.101. The first-order valence-electron chi connectivity index (χ1n) is 7.15. The molecule has 0 spiro atoms. The zero-order valence-electron chi connectivity index (χ0n) is 12.7. The Morgan fingerprint density at radius 2 is 2.24 bits per heavy atom. The molecule has 2 heterocycles. The molecule has 1 aliphatic heterocycles. The van der Waals surface area contributed by atoms with Crippen LogP contribution in [0.5, 0.6) is 0 Å². The van der Waals surface area contributed by atoms with Gasteiger partial charge in [-0.3, -0.25) is 4.79 Å². The van der Waals surface area contributed by atoms with Gasteiger partial charge in [0, 0.05) is 12.7 Å². The first-order chi connectivity index (χ1) is 9.85. The number of amides is 1. The van der Waals surface area contributed by atoms with E-state index in [1.54, 1.807) is 20.8 Å². The molecule has 0 aromatic carbocycles. The number of carbonyl (C=O) groups is 1. The van der Waals surface area contributed by atoms with E-state index in [1.807, 2.05) is 0 Å². The van der Waals surface area contributed by atoms with Crippen molar-refractivity contribution in [2.75, 3.05) is 6.61 Å². The number of carbonyl (C=O) groups excluding carboxylic acids is 1. The molecule has 0 bridgehead atoms. The van der Waals surface area contributed by atoms with Crippen LogP contribution in [-0.4, -0.2) is 23.0 Å². The van der Waals surface area contributed by atoms with Crippen molar-refractivity contribution in [1.82, 2.24) is 10.1 Å². The van der Waals surface area contributed by atoms with Crippen LogP contribution in [0.15, 0.2) is 15.4 Å². The smallest absolute Gasteiger partial charge is 0.408 e. The van der Waals surface area contributed by atoms with E-state index >= 15 is 0 Å². The van der Waals surface area contributed by atoms with Crippen LogP contribution < -0.4 is 10.9 Å². The van der Waals surface area contributed by atoms with Crippen molar-refractivity contribution in [2.45, 2.75) is 58.4 Å². The zero-order valence-corrected chi connectivity index (χ0v) is 12.7. The number of hydrogen-bond donors (Lipinski definition) is 1. The van der Waals surface area contributed by atoms with Crippen LogP contribution in [-0.2, 0) is 16.0 Å². The van der Waals surface area contributed by atoms with Gasteiger partial charge >= 0.3 is 6.09 Å². The van der Waals surface area contributed by atoms with Gasteiger partial charge in [0.15, 0.2) is 12.0 Å². The predicted molar refractivity (Wildman–Crippen MR) is 74.9 cm³/mol. The normalized spacial score (nSPS) is 19.3. The maximum absolute atomic E-state index is 11.9. The molecular weight excluding hydrogens is 276 g/mol. The van der Waals surface area contributed by atoms with Gasteiger partial charge in [0.25, 0.3) is 5.56 Å². The van der Waals surface area contributed by atoms with Crippen LogP contribution in [0.1, 0.15) is 52.0 Å². The van der Waals surface area contributed by atoms with E-state index in [-0.39, 0.29) is 18.3 Å². The van der Waals surface area contributed by atoms with E-state index < -0.39 is 11.7 Å². The molecule has 1 aromatic heterocycles. The van der Waals surface area contributed by atoms with Gasteiger partial charge in [0.1, 0.15) is 5.60 Å². The van der Waals surface area contributed by atoms with Crippen molar-refractivity contribution < 1.29 is 18.8 Å². The summed E-state index contributed by atoms with van der Waals surface area (Å²) in [6, 6.07) is 1.36. The van der Waals surface area contributed by atoms with Crippen molar-refractivity contribution in [3.63, 3.8) is 0 Å². The van der Waals surface area contributed by atoms with Crippen LogP contribution in [0, 0.1) is 0 Å². The third-order valence-corrected chi connectivity index (χ3v) is 2.94. The fourth-order valence-corrected chi connectivity index (χ4v) is 2.07. The summed E-state index contributed by atoms with van der Waals surface area (Å²) in [5.41, 5.74) is -0.824. The zero-order chi connectivity index (χ0) is 15.5. The molecule has 21 heavy (non-hydrogen) atoms. The lowest BCUT2D eigenvalue weighted by atomic mass is 10.2. The molecule has 7 heteroatoms. The molecule has 1 aromatic rings. The van der Waals surface area contributed by atoms with Gasteiger partial charge in [0.2, 0.25) is 0 Å². The molecular formula is C14H22N2O5. The van der Waals surface area contributed by atoms with E-state index in [2.05, 4.69) is 5.32 Å². The largest absolute Gasteiger partial charge is 0.444 e. The minimum atomic E-state index is -0.563. The molecule has 1 unspecified atom stereocenters. The van der Waals surface area contributed by atoms with Gasteiger partial charge < -0.3 is 19.3 Å². The molecule has 118 valence electrons. The summed E-state index contributed by atoms with van der Waals surface area (Å²) in [5.74, 6) is 0.375. The van der Waals surface area contributed by atoms with Gasteiger partial charge in [-0.25, -0.2) is 4.79 Å². The fourth-order valence-electron chi connectivity index (χ4n) is 2.07. The highest BCUT2D eigenvalue weighted by atomic mass is 16.6. The number of nitrogens with zero attached hydrogens (tertiary/aromatic N) is 1. The maximum atomic E-state index is 11.9. The second-order valence-electron chi connectivity index (χ2n) is 6.04. The average Bonchev–Trinajstić information content (AvgIpc) is 2.77. The summed E-state index contributed by atoms with van der Waals surface area (Å²) in [7, 11) is 0. The third-order valence-electron chi connectivity index (χ3n) is 2.94. The lowest BCUT2D eigenvalue weighted by molar-refractivity contribution is -0.0773. The molecule has 7 nitrogen and oxygen atoms in total. The standard InChI is InChI=1S/C14H22N2O5/c1-14(2,3)20-13(18)15-9-10-8-11(17)16(21-10)12-6-4-5-7-19-12/h8,12H,4-7,9H2,1-3H3,(H,15,18). The number of alkyl carbamates (subject to hydrolysis) is 1. The summed E-state index contributed by atoms with van der Waals surface area (Å²) in [4.78, 5) is 23.4. The molecule has 0 saturated carbocycles. The summed E-state index contributed by atoms with van der Waals surface area (Å²) < 4.78 is 17.3. The Balaban J connectivity index is 1.93. The molecule has 2 rings (SSSR count). The second kappa shape index (κ2) is 6.34. The minimum Gasteiger partial charge on any atom is -0.444 e. The van der Waals surface area contributed by atoms with Crippen LogP contribution in [0.25, 0.3) is 0 Å². The van der Waals surface area contributed by atoms with E-state index in [1.165, 1.54) is 10.8 Å². The van der Waals surface area contributed by atoms with Crippen molar-refractivity contribution in [3.8, 4) is 0 Å². The second-order valence-corrected chi connectivity index (χ2v) is 6.04. The highest BCUT2D eigenvalue weighted by molar-refractivity contribution is 5.67. The van der Waals surface area contributed by atoms with Crippen molar-refractivity contribution in [3.05, 3.63) is 22.2 Å². The number of rotatable bonds is 3. The van der Waals surface area contributed by atoms with E-state index in [9.17, 15) is 9.59 Å². The van der Waals surface area contributed by atoms with Gasteiger partial charge in [0.05, 0.1) is 6.54 Å². The molecule has 1 fully saturated rings. The number of hydrogen-bond acceptors (Lipinski definition) is 5. The Bertz CT molecular complexity index is 534. The van der Waals surface area contributed by atoms with E-state index in [4.69, 9.17) is 14.0 Å². The number of aromatic nitrogens is 1. The highest BCUT2D eigenvalue weighted by Gasteiger charge is 2.21. The summed E-state index contributed by atoms with van der Waals surface area (Å²) in [5, 5.41) is 2.55. The van der Waals surface area contributed by atoms with E-state index in [0.29, 0.717) is 12.4 Å². The maximum Gasteiger partial charge on any atom is 0.408 e. The monoisotopic (exact) mass is 298 g/mol. The van der Waals surface area contributed by atoms with Crippen molar-refractivity contribution in [2.24, 2.45) is 0 Å². The number of nitrogens with one attached hydrogen (secondary N) is 1. The van der Waals surface area contributed by atoms with Crippen LogP contribution in [0.4, 0.5) is 4.79 Å². The predicted octanol–water partition coefficient (Wildman–Crippen LogP) is 2.17. The Morgan fingerprint density at radius 1 is 1.48 bits per heavy atom. The van der Waals surface area contributed by atoms with Crippen LogP contribution in [0.3, 0.4) is 0 Å². The van der Waals surface area contributed by atoms with Gasteiger partial charge in [-0.05, 0) is 40.0 Å². The molecule has 1 saturated heterocycles. The first-order valence-corrected chi connectivity index (χ1v) is 7.15. The molecule has 1 amide bonds. The first kappa shape index (κ1) is 15.6. The molecule has 0 radical (unpaired) electrons. The quantitative estimate of drug-likeness (QED) is 0.924. The summed E-state index contributed by atoms with van der Waals surface area (Å²) in [6.45, 7) is 6.07. The highest BCUT2D eigenvalue weighted by Crippen LogP contribution is 2.21. The Morgan fingerprint density at radius 3 is 2.86 bits per heavy atom. The topological polar surface area (TPSA) is 82.7 Å². The van der Waals surface area contributed by atoms with Gasteiger partial charge in [-0.2, -0.15) is 0 Å². The molecule has 1 aliphatic rings. The van der Waals surface area contributed by atoms with Crippen molar-refractivity contribution >= 4 is 6.09 Å². The lowest BCUT2D eigenvalue weighted by Gasteiger charge is -2.21. The lowest BCUT2D eigenvalue weighted by Crippen LogP contribution is -2.32. The van der Waals surface area contributed by atoms with Gasteiger partial charge in [-0.1, -0.05) is 0 Å². The number of ether oxygens (including phenoxy) is 2. The Labute approximate surface area is 123 Å². The molecule has 1 N–H and O–H groups in total. The van der Waals surface area contributed by atoms with Gasteiger partial charge in [-0.15, -0.1) is 4.74 Å². The van der Waals surface area contributed by atoms with Crippen LogP contribution >= 0.6 is 0 Å². The SMILES string of the molecule is CC(C)(C)OC(=O)NCc1cc(=O)n(C2CCCCO2)o1. The molecule has 1 atom stereocenters. The van der Waals surface area contributed by atoms with Crippen LogP contribution in [0.2, 0.25) is 0 Å². The fraction of sp³-hybridized carbons (Fsp3) is 0.714. The van der Waals surface area contributed by atoms with Crippen molar-refractivity contribution in [1.29, 1.82) is 0 Å². The van der Waals surface area contributed by atoms with E-state index in [0.717, 1.165) is 19.3 Å². The Hall–Kier alpha value is -1.76. The third kappa shape index (κ3) is 4.63. The Kier molecular flexibility index (Phi) is 4.72. The summed E-state index contributed by atoms with van der Waals surface area (Å²) in [6.07, 6.45) is 1.86. The average molecular weight is 298 g/mol.